The van der Waals surface area contributed by atoms with Gasteiger partial charge in [-0.2, -0.15) is 5.53 Å². The zero-order chi connectivity index (χ0) is 29.2. The van der Waals surface area contributed by atoms with Crippen molar-refractivity contribution in [2.75, 3.05) is 24.6 Å². The van der Waals surface area contributed by atoms with Crippen LogP contribution in [0.1, 0.15) is 23.1 Å². The molecule has 0 spiro atoms. The summed E-state index contributed by atoms with van der Waals surface area (Å²) in [5.41, 5.74) is 12.2. The summed E-state index contributed by atoms with van der Waals surface area (Å²) in [6.45, 7) is 0.388. The number of carbonyl (C=O) groups excluding carboxylic acids is 4. The van der Waals surface area contributed by atoms with Crippen LogP contribution in [0, 0.1) is 0 Å². The van der Waals surface area contributed by atoms with E-state index in [1.165, 1.54) is 16.2 Å². The average Bonchev–Trinajstić information content (AvgIpc) is 3.74. The van der Waals surface area contributed by atoms with Gasteiger partial charge in [-0.1, -0.05) is 36.4 Å². The highest BCUT2D eigenvalue weighted by Gasteiger charge is 2.44. The lowest BCUT2D eigenvalue weighted by Crippen LogP contribution is -2.58. The third kappa shape index (κ3) is 5.61. The topological polar surface area (TPSA) is 164 Å². The fraction of sp³-hybridized carbons (Fsp3) is 0.379. The quantitative estimate of drug-likeness (QED) is 0.174. The number of benzene rings is 2. The molecule has 2 aromatic carbocycles. The summed E-state index contributed by atoms with van der Waals surface area (Å²) in [5, 5.41) is 21.2. The van der Waals surface area contributed by atoms with E-state index in [1.807, 2.05) is 47.8 Å². The molecule has 4 atom stereocenters. The fourth-order valence-electron chi connectivity index (χ4n) is 5.87. The van der Waals surface area contributed by atoms with Gasteiger partial charge in [0.25, 0.3) is 0 Å². The molecule has 42 heavy (non-hydrogen) atoms. The van der Waals surface area contributed by atoms with Gasteiger partial charge in [0.05, 0.1) is 24.8 Å². The minimum absolute atomic E-state index is 0.00393. The van der Waals surface area contributed by atoms with Crippen molar-refractivity contribution < 1.29 is 24.3 Å². The molecule has 3 aliphatic rings. The van der Waals surface area contributed by atoms with Crippen molar-refractivity contribution in [3.05, 3.63) is 64.5 Å². The molecular weight excluding hydrogens is 558 g/mol. The monoisotopic (exact) mass is 591 g/mol. The standard InChI is InChI=1S/C29H33N7O5S/c37-14-22(32-25(38)11-18-15-42-24-7-2-1-6-20(18)24)27(39)33-21-9-8-16-4-3-5-17-10-23(36(26(16)17)29(21)41)28(40)30-12-19-13-31-35-34-19/h1-7,15,19,21-23,31,34-35,37H,8-14H2,(H,30,40)(H,32,38)(H,33,39)/t19?,21-,22-,23-/m0/s1. The lowest BCUT2D eigenvalue weighted by atomic mass is 10.0. The summed E-state index contributed by atoms with van der Waals surface area (Å²) in [6.07, 6.45) is 1.28. The van der Waals surface area contributed by atoms with Gasteiger partial charge in [-0.05, 0) is 46.4 Å². The van der Waals surface area contributed by atoms with Crippen LogP contribution >= 0.6 is 11.3 Å². The number of fused-ring (bicyclic) bond motifs is 1. The second kappa shape index (κ2) is 12.2. The van der Waals surface area contributed by atoms with Crippen molar-refractivity contribution >= 4 is 50.7 Å². The van der Waals surface area contributed by atoms with Crippen LogP contribution in [-0.2, 0) is 38.4 Å². The maximum atomic E-state index is 13.9. The van der Waals surface area contributed by atoms with Crippen molar-refractivity contribution in [1.29, 1.82) is 0 Å². The van der Waals surface area contributed by atoms with Crippen molar-refractivity contribution in [3.63, 3.8) is 0 Å². The molecule has 6 rings (SSSR count). The van der Waals surface area contributed by atoms with E-state index in [4.69, 9.17) is 0 Å². The molecule has 1 fully saturated rings. The molecule has 3 aliphatic heterocycles. The minimum atomic E-state index is -1.23. The molecule has 0 aliphatic carbocycles. The van der Waals surface area contributed by atoms with Crippen molar-refractivity contribution in [1.82, 2.24) is 32.3 Å². The molecular formula is C29H33N7O5S. The van der Waals surface area contributed by atoms with E-state index in [0.717, 1.165) is 32.5 Å². The van der Waals surface area contributed by atoms with E-state index in [-0.39, 0.29) is 24.3 Å². The van der Waals surface area contributed by atoms with Crippen LogP contribution in [0.2, 0.25) is 0 Å². The first-order valence-corrected chi connectivity index (χ1v) is 14.9. The molecule has 1 aromatic heterocycles. The van der Waals surface area contributed by atoms with E-state index >= 15 is 0 Å². The maximum absolute atomic E-state index is 13.9. The number of aliphatic hydroxyl groups excluding tert-OH is 1. The Morgan fingerprint density at radius 1 is 1.12 bits per heavy atom. The molecule has 3 aromatic rings. The largest absolute Gasteiger partial charge is 0.394 e. The first-order chi connectivity index (χ1) is 20.4. The second-order valence-electron chi connectivity index (χ2n) is 10.8. The normalized spacial score (nSPS) is 22.0. The number of nitrogens with one attached hydrogen (secondary N) is 6. The van der Waals surface area contributed by atoms with Crippen molar-refractivity contribution in [2.24, 2.45) is 0 Å². The number of hydrogen-bond donors (Lipinski definition) is 7. The number of hydrazine groups is 2. The van der Waals surface area contributed by atoms with Crippen LogP contribution in [0.4, 0.5) is 5.69 Å². The number of hydrogen-bond acceptors (Lipinski definition) is 9. The van der Waals surface area contributed by atoms with Gasteiger partial charge in [-0.25, -0.2) is 10.9 Å². The highest BCUT2D eigenvalue weighted by atomic mass is 32.1. The van der Waals surface area contributed by atoms with Crippen LogP contribution in [-0.4, -0.2) is 72.6 Å². The number of aryl methyl sites for hydroxylation is 1. The molecule has 4 amide bonds. The van der Waals surface area contributed by atoms with Gasteiger partial charge in [0, 0.05) is 24.2 Å². The van der Waals surface area contributed by atoms with Crippen LogP contribution in [0.15, 0.2) is 47.8 Å². The average molecular weight is 592 g/mol. The molecule has 13 heteroatoms. The minimum Gasteiger partial charge on any atom is -0.394 e. The molecule has 0 radical (unpaired) electrons. The van der Waals surface area contributed by atoms with Gasteiger partial charge in [-0.15, -0.1) is 11.3 Å². The third-order valence-electron chi connectivity index (χ3n) is 8.01. The van der Waals surface area contributed by atoms with Crippen LogP contribution in [0.5, 0.6) is 0 Å². The van der Waals surface area contributed by atoms with E-state index in [2.05, 4.69) is 32.3 Å². The Bertz CT molecular complexity index is 1520. The molecule has 220 valence electrons. The summed E-state index contributed by atoms with van der Waals surface area (Å²) in [4.78, 5) is 54.8. The molecule has 0 bridgehead atoms. The van der Waals surface area contributed by atoms with Gasteiger partial charge in [0.2, 0.25) is 23.6 Å². The molecule has 7 N–H and O–H groups in total. The Balaban J connectivity index is 1.13. The summed E-state index contributed by atoms with van der Waals surface area (Å²) in [7, 11) is 0. The molecule has 12 nitrogen and oxygen atoms in total. The van der Waals surface area contributed by atoms with Gasteiger partial charge in [0.15, 0.2) is 0 Å². The smallest absolute Gasteiger partial charge is 0.250 e. The Labute approximate surface area is 246 Å². The van der Waals surface area contributed by atoms with Crippen LogP contribution in [0.25, 0.3) is 10.1 Å². The van der Waals surface area contributed by atoms with E-state index in [1.54, 1.807) is 0 Å². The van der Waals surface area contributed by atoms with E-state index in [0.29, 0.717) is 32.4 Å². The number of rotatable bonds is 9. The molecule has 1 unspecified atom stereocenters. The third-order valence-corrected chi connectivity index (χ3v) is 9.02. The van der Waals surface area contributed by atoms with Crippen LogP contribution < -0.4 is 37.2 Å². The fourth-order valence-corrected chi connectivity index (χ4v) is 6.84. The molecule has 0 saturated carbocycles. The summed E-state index contributed by atoms with van der Waals surface area (Å²) in [6, 6.07) is 10.6. The number of anilines is 1. The van der Waals surface area contributed by atoms with Gasteiger partial charge >= 0.3 is 0 Å². The van der Waals surface area contributed by atoms with E-state index in [9.17, 15) is 24.3 Å². The number of carbonyl (C=O) groups is 4. The van der Waals surface area contributed by atoms with Crippen molar-refractivity contribution in [3.8, 4) is 0 Å². The summed E-state index contributed by atoms with van der Waals surface area (Å²) in [5.74, 6) is -1.72. The summed E-state index contributed by atoms with van der Waals surface area (Å²) < 4.78 is 1.06. The highest BCUT2D eigenvalue weighted by molar-refractivity contribution is 7.17. The Morgan fingerprint density at radius 3 is 2.76 bits per heavy atom. The Hall–Kier alpha value is -3.88. The lowest BCUT2D eigenvalue weighted by Gasteiger charge is -2.29. The van der Waals surface area contributed by atoms with Crippen LogP contribution in [0.3, 0.4) is 0 Å². The highest BCUT2D eigenvalue weighted by Crippen LogP contribution is 2.39. The first kappa shape index (κ1) is 28.2. The van der Waals surface area contributed by atoms with Crippen molar-refractivity contribution in [2.45, 2.75) is 49.9 Å². The maximum Gasteiger partial charge on any atom is 0.250 e. The van der Waals surface area contributed by atoms with Gasteiger partial charge in [0.1, 0.15) is 18.1 Å². The number of para-hydroxylation sites is 1. The number of thiophene rings is 1. The number of amides is 4. The lowest BCUT2D eigenvalue weighted by molar-refractivity contribution is -0.132. The second-order valence-corrected chi connectivity index (χ2v) is 11.7. The SMILES string of the molecule is O=C(Cc1csc2ccccc12)N[C@@H](CO)C(=O)N[C@H]1CCc2cccc3c2N(C1=O)[C@H](C(=O)NCC1CNNN1)C3. The first-order valence-electron chi connectivity index (χ1n) is 14.0. The van der Waals surface area contributed by atoms with Gasteiger partial charge in [-0.3, -0.25) is 24.1 Å². The Kier molecular flexibility index (Phi) is 8.18. The predicted molar refractivity (Wildman–Crippen MR) is 157 cm³/mol. The zero-order valence-electron chi connectivity index (χ0n) is 22.8. The molecule has 1 saturated heterocycles. The van der Waals surface area contributed by atoms with E-state index < -0.39 is 36.5 Å². The number of aliphatic hydroxyl groups is 1. The molecule has 4 heterocycles. The predicted octanol–water partition coefficient (Wildman–Crippen LogP) is -0.593. The Morgan fingerprint density at radius 2 is 1.95 bits per heavy atom. The van der Waals surface area contributed by atoms with Gasteiger partial charge < -0.3 is 21.1 Å². The zero-order valence-corrected chi connectivity index (χ0v) is 23.6. The number of nitrogens with zero attached hydrogens (tertiary/aromatic N) is 1. The summed E-state index contributed by atoms with van der Waals surface area (Å²) >= 11 is 1.54.